The fourth-order valence-corrected chi connectivity index (χ4v) is 6.84. The van der Waals surface area contributed by atoms with Crippen molar-refractivity contribution in [1.29, 1.82) is 0 Å². The van der Waals surface area contributed by atoms with Gasteiger partial charge in [-0.25, -0.2) is 4.90 Å². The molecule has 0 aromatic heterocycles. The van der Waals surface area contributed by atoms with Crippen LogP contribution in [0.1, 0.15) is 35.1 Å². The highest BCUT2D eigenvalue weighted by Crippen LogP contribution is 2.64. The van der Waals surface area contributed by atoms with Crippen molar-refractivity contribution >= 4 is 17.5 Å². The first-order valence-electron chi connectivity index (χ1n) is 11.8. The van der Waals surface area contributed by atoms with E-state index in [4.69, 9.17) is 0 Å². The Morgan fingerprint density at radius 3 is 1.76 bits per heavy atom. The van der Waals surface area contributed by atoms with Crippen molar-refractivity contribution in [3.8, 4) is 11.1 Å². The second kappa shape index (κ2) is 6.77. The lowest BCUT2D eigenvalue weighted by molar-refractivity contribution is -0.123. The predicted octanol–water partition coefficient (Wildman–Crippen LogP) is 5.92. The SMILES string of the molecule is CC12c3ccccc3C(c3ccccc31)[C@H]1C(=O)N(c3ccc(-c4ccccc4)cc3)C(=O)[C@H]12. The summed E-state index contributed by atoms with van der Waals surface area (Å²) in [4.78, 5) is 29.4. The monoisotopic (exact) mass is 441 g/mol. The van der Waals surface area contributed by atoms with E-state index in [2.05, 4.69) is 43.3 Å². The Balaban J connectivity index is 1.36. The van der Waals surface area contributed by atoms with Crippen molar-refractivity contribution in [2.75, 3.05) is 4.90 Å². The fourth-order valence-electron chi connectivity index (χ4n) is 6.84. The molecule has 2 atom stereocenters. The van der Waals surface area contributed by atoms with Crippen molar-refractivity contribution in [1.82, 2.24) is 0 Å². The second-order valence-corrected chi connectivity index (χ2v) is 9.78. The third kappa shape index (κ3) is 2.31. The first-order valence-corrected chi connectivity index (χ1v) is 11.8. The molecular formula is C31H23NO2. The highest BCUT2D eigenvalue weighted by atomic mass is 16.2. The Kier molecular flexibility index (Phi) is 3.88. The van der Waals surface area contributed by atoms with Crippen LogP contribution in [-0.2, 0) is 15.0 Å². The molecule has 0 N–H and O–H groups in total. The van der Waals surface area contributed by atoms with Gasteiger partial charge in [0.05, 0.1) is 17.5 Å². The molecule has 0 spiro atoms. The van der Waals surface area contributed by atoms with Crippen LogP contribution >= 0.6 is 0 Å². The van der Waals surface area contributed by atoms with Crippen LogP contribution in [0.15, 0.2) is 103 Å². The molecule has 3 nitrogen and oxygen atoms in total. The Bertz CT molecular complexity index is 1420. The molecule has 1 fully saturated rings. The minimum absolute atomic E-state index is 0.0808. The summed E-state index contributed by atoms with van der Waals surface area (Å²) in [5.41, 5.74) is 7.04. The average molecular weight is 442 g/mol. The van der Waals surface area contributed by atoms with E-state index in [1.54, 1.807) is 0 Å². The van der Waals surface area contributed by atoms with E-state index in [0.717, 1.165) is 11.1 Å². The van der Waals surface area contributed by atoms with Crippen LogP contribution < -0.4 is 4.90 Å². The molecule has 4 aliphatic rings. The third-order valence-electron chi connectivity index (χ3n) is 8.28. The van der Waals surface area contributed by atoms with E-state index in [1.807, 2.05) is 66.7 Å². The molecule has 34 heavy (non-hydrogen) atoms. The average Bonchev–Trinajstić information content (AvgIpc) is 3.16. The summed E-state index contributed by atoms with van der Waals surface area (Å²) in [5, 5.41) is 0. The Hall–Kier alpha value is -3.98. The number of hydrogen-bond donors (Lipinski definition) is 0. The van der Waals surface area contributed by atoms with E-state index in [-0.39, 0.29) is 23.7 Å². The van der Waals surface area contributed by atoms with Crippen molar-refractivity contribution < 1.29 is 9.59 Å². The molecule has 3 aliphatic carbocycles. The zero-order chi connectivity index (χ0) is 23.0. The molecule has 2 amide bonds. The van der Waals surface area contributed by atoms with Gasteiger partial charge in [0.25, 0.3) is 0 Å². The third-order valence-corrected chi connectivity index (χ3v) is 8.28. The van der Waals surface area contributed by atoms with Crippen LogP contribution in [0.3, 0.4) is 0 Å². The Morgan fingerprint density at radius 1 is 0.618 bits per heavy atom. The molecule has 4 aromatic rings. The molecule has 164 valence electrons. The minimum Gasteiger partial charge on any atom is -0.274 e. The number of anilines is 1. The molecule has 1 saturated heterocycles. The largest absolute Gasteiger partial charge is 0.274 e. The smallest absolute Gasteiger partial charge is 0.238 e. The van der Waals surface area contributed by atoms with Gasteiger partial charge < -0.3 is 0 Å². The second-order valence-electron chi connectivity index (χ2n) is 9.78. The van der Waals surface area contributed by atoms with Gasteiger partial charge in [-0.05, 0) is 45.5 Å². The fraction of sp³-hybridized carbons (Fsp3) is 0.161. The van der Waals surface area contributed by atoms with E-state index < -0.39 is 11.3 Å². The van der Waals surface area contributed by atoms with Crippen molar-refractivity contribution in [2.45, 2.75) is 18.3 Å². The molecular weight excluding hydrogens is 418 g/mol. The molecule has 2 bridgehead atoms. The summed E-state index contributed by atoms with van der Waals surface area (Å²) in [6, 6.07) is 34.7. The first-order chi connectivity index (χ1) is 16.6. The lowest BCUT2D eigenvalue weighted by atomic mass is 9.48. The Morgan fingerprint density at radius 2 is 1.15 bits per heavy atom. The molecule has 3 heteroatoms. The maximum Gasteiger partial charge on any atom is 0.238 e. The van der Waals surface area contributed by atoms with Gasteiger partial charge in [-0.15, -0.1) is 0 Å². The van der Waals surface area contributed by atoms with E-state index >= 15 is 0 Å². The normalized spacial score (nSPS) is 26.3. The minimum atomic E-state index is -0.530. The molecule has 0 radical (unpaired) electrons. The maximum atomic E-state index is 14.0. The molecule has 4 aromatic carbocycles. The molecule has 0 saturated carbocycles. The van der Waals surface area contributed by atoms with Gasteiger partial charge in [-0.2, -0.15) is 0 Å². The first kappa shape index (κ1) is 19.5. The highest BCUT2D eigenvalue weighted by molar-refractivity contribution is 6.23. The highest BCUT2D eigenvalue weighted by Gasteiger charge is 2.66. The zero-order valence-corrected chi connectivity index (χ0v) is 18.8. The van der Waals surface area contributed by atoms with E-state index in [1.165, 1.54) is 27.2 Å². The van der Waals surface area contributed by atoms with Crippen LogP contribution in [0.2, 0.25) is 0 Å². The van der Waals surface area contributed by atoms with Crippen LogP contribution in [0.25, 0.3) is 11.1 Å². The molecule has 1 heterocycles. The lowest BCUT2D eigenvalue weighted by Crippen LogP contribution is -2.51. The van der Waals surface area contributed by atoms with Crippen LogP contribution in [0, 0.1) is 11.8 Å². The van der Waals surface area contributed by atoms with E-state index in [9.17, 15) is 9.59 Å². The predicted molar refractivity (Wildman–Crippen MR) is 133 cm³/mol. The van der Waals surface area contributed by atoms with Crippen LogP contribution in [0.5, 0.6) is 0 Å². The van der Waals surface area contributed by atoms with Crippen molar-refractivity contribution in [3.05, 3.63) is 125 Å². The summed E-state index contributed by atoms with van der Waals surface area (Å²) >= 11 is 0. The zero-order valence-electron chi connectivity index (χ0n) is 18.8. The van der Waals surface area contributed by atoms with Gasteiger partial charge >= 0.3 is 0 Å². The van der Waals surface area contributed by atoms with Gasteiger partial charge in [0.1, 0.15) is 0 Å². The number of rotatable bonds is 2. The number of benzene rings is 4. The number of hydrogen-bond acceptors (Lipinski definition) is 2. The summed E-state index contributed by atoms with van der Waals surface area (Å²) in [6.07, 6.45) is 0. The summed E-state index contributed by atoms with van der Waals surface area (Å²) in [6.45, 7) is 2.16. The van der Waals surface area contributed by atoms with E-state index in [0.29, 0.717) is 5.69 Å². The number of imide groups is 1. The number of nitrogens with zero attached hydrogens (tertiary/aromatic N) is 1. The van der Waals surface area contributed by atoms with Gasteiger partial charge in [-0.1, -0.05) is 97.9 Å². The molecule has 8 rings (SSSR count). The molecule has 1 aliphatic heterocycles. The molecule has 0 unspecified atom stereocenters. The summed E-state index contributed by atoms with van der Waals surface area (Å²) in [5.74, 6) is -1.04. The lowest BCUT2D eigenvalue weighted by Gasteiger charge is -2.52. The van der Waals surface area contributed by atoms with Crippen molar-refractivity contribution in [2.24, 2.45) is 11.8 Å². The van der Waals surface area contributed by atoms with Crippen molar-refractivity contribution in [3.63, 3.8) is 0 Å². The number of amides is 2. The standard InChI is InChI=1S/C31H23NO2/c1-31-24-13-7-5-11-22(24)26(23-12-6-8-14-25(23)31)27-28(31)30(34)32(29(27)33)21-17-15-20(16-18-21)19-9-3-2-4-10-19/h2-18,26-28H,1H3/t26?,27-,28+,31?/m1/s1. The van der Waals surface area contributed by atoms with Gasteiger partial charge in [0.2, 0.25) is 11.8 Å². The quantitative estimate of drug-likeness (QED) is 0.362. The van der Waals surface area contributed by atoms with Gasteiger partial charge in [0, 0.05) is 11.3 Å². The van der Waals surface area contributed by atoms with Crippen LogP contribution in [-0.4, -0.2) is 11.8 Å². The topological polar surface area (TPSA) is 37.4 Å². The van der Waals surface area contributed by atoms with Gasteiger partial charge in [0.15, 0.2) is 0 Å². The Labute approximate surface area is 198 Å². The number of carbonyl (C=O) groups excluding carboxylic acids is 2. The van der Waals surface area contributed by atoms with Gasteiger partial charge in [-0.3, -0.25) is 9.59 Å². The maximum absolute atomic E-state index is 14.0. The number of carbonyl (C=O) groups is 2. The summed E-state index contributed by atoms with van der Waals surface area (Å²) in [7, 11) is 0. The summed E-state index contributed by atoms with van der Waals surface area (Å²) < 4.78 is 0. The van der Waals surface area contributed by atoms with Crippen LogP contribution in [0.4, 0.5) is 5.69 Å².